The average Bonchev–Trinajstić information content (AvgIpc) is 2.53. The minimum atomic E-state index is -0.0549. The lowest BCUT2D eigenvalue weighted by molar-refractivity contribution is 0.129. The summed E-state index contributed by atoms with van der Waals surface area (Å²) in [5.74, 6) is 1.05. The molecule has 1 atom stereocenters. The molecule has 1 fully saturated rings. The van der Waals surface area contributed by atoms with Gasteiger partial charge in [0.1, 0.15) is 5.75 Å². The number of carbonyl (C=O) groups is 1. The molecule has 5 heteroatoms. The van der Waals surface area contributed by atoms with Gasteiger partial charge >= 0.3 is 6.03 Å². The fourth-order valence-corrected chi connectivity index (χ4v) is 2.65. The van der Waals surface area contributed by atoms with Gasteiger partial charge in [-0.05, 0) is 50.3 Å². The van der Waals surface area contributed by atoms with Crippen LogP contribution in [-0.2, 0) is 6.54 Å². The standard InChI is InChI=1S/C17H26N2O3/c1-13(2)22-16-7-5-14(6-8-16)10-18-17(21)19-9-3-4-15(11-19)12-20/h5-8,13,15,20H,3-4,9-12H2,1-2H3,(H,18,21). The summed E-state index contributed by atoms with van der Waals surface area (Å²) >= 11 is 0. The van der Waals surface area contributed by atoms with Crippen LogP contribution in [0.1, 0.15) is 32.3 Å². The number of aliphatic hydroxyl groups is 1. The number of carbonyl (C=O) groups excluding carboxylic acids is 1. The molecule has 1 aromatic carbocycles. The van der Waals surface area contributed by atoms with Gasteiger partial charge in [0.25, 0.3) is 0 Å². The first-order valence-corrected chi connectivity index (χ1v) is 7.97. The minimum Gasteiger partial charge on any atom is -0.491 e. The van der Waals surface area contributed by atoms with E-state index in [9.17, 15) is 9.90 Å². The third-order valence-corrected chi connectivity index (χ3v) is 3.80. The number of hydrogen-bond donors (Lipinski definition) is 2. The van der Waals surface area contributed by atoms with Crippen molar-refractivity contribution in [3.8, 4) is 5.75 Å². The van der Waals surface area contributed by atoms with E-state index in [1.807, 2.05) is 38.1 Å². The number of likely N-dealkylation sites (tertiary alicyclic amines) is 1. The quantitative estimate of drug-likeness (QED) is 0.878. The third-order valence-electron chi connectivity index (χ3n) is 3.80. The summed E-state index contributed by atoms with van der Waals surface area (Å²) in [6.07, 6.45) is 2.11. The number of urea groups is 1. The largest absolute Gasteiger partial charge is 0.491 e. The van der Waals surface area contributed by atoms with Gasteiger partial charge in [-0.3, -0.25) is 0 Å². The number of rotatable bonds is 5. The number of nitrogens with zero attached hydrogens (tertiary/aromatic N) is 1. The summed E-state index contributed by atoms with van der Waals surface area (Å²) in [6.45, 7) is 6.05. The van der Waals surface area contributed by atoms with Crippen molar-refractivity contribution in [2.24, 2.45) is 5.92 Å². The van der Waals surface area contributed by atoms with Gasteiger partial charge < -0.3 is 20.1 Å². The highest BCUT2D eigenvalue weighted by molar-refractivity contribution is 5.74. The molecular formula is C17H26N2O3. The summed E-state index contributed by atoms with van der Waals surface area (Å²) < 4.78 is 5.59. The van der Waals surface area contributed by atoms with Gasteiger partial charge in [-0.2, -0.15) is 0 Å². The Kier molecular flexibility index (Phi) is 6.07. The first-order chi connectivity index (χ1) is 10.6. The van der Waals surface area contributed by atoms with E-state index in [1.165, 1.54) is 0 Å². The molecule has 0 aliphatic carbocycles. The van der Waals surface area contributed by atoms with Crippen LogP contribution in [0.4, 0.5) is 4.79 Å². The molecule has 1 aromatic rings. The molecule has 0 saturated carbocycles. The second kappa shape index (κ2) is 8.03. The molecule has 5 nitrogen and oxygen atoms in total. The number of piperidine rings is 1. The Morgan fingerprint density at radius 1 is 1.41 bits per heavy atom. The zero-order valence-electron chi connectivity index (χ0n) is 13.4. The molecule has 2 N–H and O–H groups in total. The summed E-state index contributed by atoms with van der Waals surface area (Å²) in [6, 6.07) is 7.71. The van der Waals surface area contributed by atoms with Gasteiger partial charge in [0.2, 0.25) is 0 Å². The van der Waals surface area contributed by atoms with Crippen LogP contribution in [0.5, 0.6) is 5.75 Å². The Bertz CT molecular complexity index is 473. The summed E-state index contributed by atoms with van der Waals surface area (Å²) in [5, 5.41) is 12.2. The van der Waals surface area contributed by atoms with Crippen molar-refractivity contribution in [1.82, 2.24) is 10.2 Å². The van der Waals surface area contributed by atoms with E-state index in [0.29, 0.717) is 13.1 Å². The molecule has 122 valence electrons. The van der Waals surface area contributed by atoms with Gasteiger partial charge in [-0.15, -0.1) is 0 Å². The summed E-state index contributed by atoms with van der Waals surface area (Å²) in [5.41, 5.74) is 1.04. The summed E-state index contributed by atoms with van der Waals surface area (Å²) in [4.78, 5) is 13.9. The van der Waals surface area contributed by atoms with Crippen LogP contribution in [0.15, 0.2) is 24.3 Å². The smallest absolute Gasteiger partial charge is 0.317 e. The van der Waals surface area contributed by atoms with Crippen molar-refractivity contribution in [1.29, 1.82) is 0 Å². The Hall–Kier alpha value is -1.75. The maximum absolute atomic E-state index is 12.2. The SMILES string of the molecule is CC(C)Oc1ccc(CNC(=O)N2CCCC(CO)C2)cc1. The lowest BCUT2D eigenvalue weighted by atomic mass is 9.99. The molecule has 0 spiro atoms. The van der Waals surface area contributed by atoms with Gasteiger partial charge in [0.05, 0.1) is 6.10 Å². The molecule has 22 heavy (non-hydrogen) atoms. The zero-order valence-corrected chi connectivity index (χ0v) is 13.4. The van der Waals surface area contributed by atoms with Crippen LogP contribution >= 0.6 is 0 Å². The Balaban J connectivity index is 1.80. The van der Waals surface area contributed by atoms with E-state index in [0.717, 1.165) is 30.7 Å². The highest BCUT2D eigenvalue weighted by Gasteiger charge is 2.22. The van der Waals surface area contributed by atoms with E-state index >= 15 is 0 Å². The van der Waals surface area contributed by atoms with Crippen LogP contribution < -0.4 is 10.1 Å². The van der Waals surface area contributed by atoms with E-state index in [1.54, 1.807) is 4.90 Å². The molecule has 0 aromatic heterocycles. The number of aliphatic hydroxyl groups excluding tert-OH is 1. The van der Waals surface area contributed by atoms with Crippen molar-refractivity contribution >= 4 is 6.03 Å². The number of amides is 2. The predicted octanol–water partition coefficient (Wildman–Crippen LogP) is 2.39. The predicted molar refractivity (Wildman–Crippen MR) is 85.8 cm³/mol. The number of nitrogens with one attached hydrogen (secondary N) is 1. The van der Waals surface area contributed by atoms with Gasteiger partial charge in [-0.25, -0.2) is 4.79 Å². The van der Waals surface area contributed by atoms with Gasteiger partial charge in [0.15, 0.2) is 0 Å². The third kappa shape index (κ3) is 4.91. The first-order valence-electron chi connectivity index (χ1n) is 7.97. The Morgan fingerprint density at radius 3 is 2.77 bits per heavy atom. The lowest BCUT2D eigenvalue weighted by Gasteiger charge is -2.31. The van der Waals surface area contributed by atoms with E-state index in [2.05, 4.69) is 5.32 Å². The van der Waals surface area contributed by atoms with E-state index in [-0.39, 0.29) is 24.7 Å². The van der Waals surface area contributed by atoms with Gasteiger partial charge in [0, 0.05) is 26.2 Å². The normalized spacial score (nSPS) is 18.4. The molecule has 0 radical (unpaired) electrons. The van der Waals surface area contributed by atoms with Crippen LogP contribution in [0.25, 0.3) is 0 Å². The molecular weight excluding hydrogens is 280 g/mol. The fraction of sp³-hybridized carbons (Fsp3) is 0.588. The highest BCUT2D eigenvalue weighted by atomic mass is 16.5. The van der Waals surface area contributed by atoms with Crippen LogP contribution in [0, 0.1) is 5.92 Å². The topological polar surface area (TPSA) is 61.8 Å². The monoisotopic (exact) mass is 306 g/mol. The van der Waals surface area contributed by atoms with Gasteiger partial charge in [-0.1, -0.05) is 12.1 Å². The average molecular weight is 306 g/mol. The minimum absolute atomic E-state index is 0.0549. The molecule has 2 amide bonds. The number of hydrogen-bond acceptors (Lipinski definition) is 3. The van der Waals surface area contributed by atoms with E-state index in [4.69, 9.17) is 4.74 Å². The molecule has 1 heterocycles. The molecule has 0 bridgehead atoms. The first kappa shape index (κ1) is 16.6. The van der Waals surface area contributed by atoms with Crippen LogP contribution in [0.2, 0.25) is 0 Å². The maximum Gasteiger partial charge on any atom is 0.317 e. The van der Waals surface area contributed by atoms with Crippen molar-refractivity contribution in [2.75, 3.05) is 19.7 Å². The Morgan fingerprint density at radius 2 is 2.14 bits per heavy atom. The molecule has 1 saturated heterocycles. The second-order valence-electron chi connectivity index (χ2n) is 6.11. The lowest BCUT2D eigenvalue weighted by Crippen LogP contribution is -2.45. The highest BCUT2D eigenvalue weighted by Crippen LogP contribution is 2.16. The summed E-state index contributed by atoms with van der Waals surface area (Å²) in [7, 11) is 0. The number of ether oxygens (including phenoxy) is 1. The molecule has 2 rings (SSSR count). The van der Waals surface area contributed by atoms with E-state index < -0.39 is 0 Å². The van der Waals surface area contributed by atoms with Crippen molar-refractivity contribution < 1.29 is 14.6 Å². The Labute approximate surface area is 132 Å². The fourth-order valence-electron chi connectivity index (χ4n) is 2.65. The molecule has 1 aliphatic rings. The second-order valence-corrected chi connectivity index (χ2v) is 6.11. The molecule has 1 aliphatic heterocycles. The zero-order chi connectivity index (χ0) is 15.9. The van der Waals surface area contributed by atoms with Crippen molar-refractivity contribution in [2.45, 2.75) is 39.3 Å². The maximum atomic E-state index is 12.2. The van der Waals surface area contributed by atoms with Crippen molar-refractivity contribution in [3.05, 3.63) is 29.8 Å². The van der Waals surface area contributed by atoms with Crippen LogP contribution in [-0.4, -0.2) is 41.8 Å². The van der Waals surface area contributed by atoms with Crippen LogP contribution in [0.3, 0.4) is 0 Å². The number of benzene rings is 1. The van der Waals surface area contributed by atoms with Crippen molar-refractivity contribution in [3.63, 3.8) is 0 Å². The molecule has 1 unspecified atom stereocenters.